The summed E-state index contributed by atoms with van der Waals surface area (Å²) in [5.74, 6) is 2.74. The summed E-state index contributed by atoms with van der Waals surface area (Å²) in [6, 6.07) is 20.5. The highest BCUT2D eigenvalue weighted by molar-refractivity contribution is 6.32. The van der Waals surface area contributed by atoms with Crippen LogP contribution in [0.4, 0.5) is 0 Å². The molecule has 0 saturated carbocycles. The van der Waals surface area contributed by atoms with Crippen molar-refractivity contribution in [3.8, 4) is 34.4 Å². The topological polar surface area (TPSA) is 154 Å². The molecular weight excluding hydrogens is 754 g/mol. The molecule has 302 valence electrons. The number of carbonyl (C=O) groups excluding carboxylic acids is 1. The van der Waals surface area contributed by atoms with Crippen LogP contribution in [0.25, 0.3) is 11.1 Å². The molecule has 0 bridgehead atoms. The van der Waals surface area contributed by atoms with E-state index < -0.39 is 0 Å². The fraction of sp³-hybridized carbons (Fsp3) is 0.409. The van der Waals surface area contributed by atoms with Gasteiger partial charge in [-0.15, -0.1) is 10.2 Å². The number of tetrazole rings is 1. The van der Waals surface area contributed by atoms with Gasteiger partial charge in [0.15, 0.2) is 5.82 Å². The van der Waals surface area contributed by atoms with Crippen molar-refractivity contribution < 1.29 is 19.0 Å². The van der Waals surface area contributed by atoms with Crippen LogP contribution in [0.3, 0.4) is 0 Å². The highest BCUT2D eigenvalue weighted by Crippen LogP contribution is 2.39. The number of amides is 1. The lowest BCUT2D eigenvalue weighted by Crippen LogP contribution is -2.44. The molecule has 5 aromatic rings. The second-order valence-corrected chi connectivity index (χ2v) is 15.5. The predicted octanol–water partition coefficient (Wildman–Crippen LogP) is 7.27. The van der Waals surface area contributed by atoms with Gasteiger partial charge in [-0.25, -0.2) is 0 Å². The number of H-pyrrole nitrogens is 1. The van der Waals surface area contributed by atoms with Gasteiger partial charge in [0.05, 0.1) is 23.2 Å². The number of ether oxygens (including phenoxy) is 3. The number of nitrogens with one attached hydrogen (secondary N) is 2. The summed E-state index contributed by atoms with van der Waals surface area (Å²) in [4.78, 5) is 20.4. The van der Waals surface area contributed by atoms with Crippen LogP contribution in [0.5, 0.6) is 17.2 Å². The molecule has 14 heteroatoms. The van der Waals surface area contributed by atoms with Gasteiger partial charge < -0.3 is 24.4 Å². The summed E-state index contributed by atoms with van der Waals surface area (Å²) >= 11 is 6.95. The number of carbonyl (C=O) groups is 1. The van der Waals surface area contributed by atoms with Gasteiger partial charge in [-0.3, -0.25) is 14.7 Å². The molecule has 1 atom stereocenters. The van der Waals surface area contributed by atoms with E-state index in [2.05, 4.69) is 91.0 Å². The van der Waals surface area contributed by atoms with E-state index in [1.165, 1.54) is 6.20 Å². The summed E-state index contributed by atoms with van der Waals surface area (Å²) in [5, 5.41) is 27.8. The van der Waals surface area contributed by atoms with Crippen molar-refractivity contribution in [2.24, 2.45) is 0 Å². The summed E-state index contributed by atoms with van der Waals surface area (Å²) in [6.45, 7) is 11.4. The van der Waals surface area contributed by atoms with Gasteiger partial charge in [-0.1, -0.05) is 47.1 Å². The molecular formula is C44H50ClN9O4. The first kappa shape index (κ1) is 40.6. The molecule has 1 amide bonds. The van der Waals surface area contributed by atoms with Crippen molar-refractivity contribution in [2.75, 3.05) is 32.8 Å². The summed E-state index contributed by atoms with van der Waals surface area (Å²) in [5.41, 5.74) is 7.62. The molecule has 4 heterocycles. The van der Waals surface area contributed by atoms with Crippen molar-refractivity contribution in [1.82, 2.24) is 40.7 Å². The molecule has 2 N–H and O–H groups in total. The smallest absolute Gasteiger partial charge is 0.217 e. The van der Waals surface area contributed by atoms with Gasteiger partial charge in [0.1, 0.15) is 36.5 Å². The van der Waals surface area contributed by atoms with E-state index in [1.54, 1.807) is 19.2 Å². The molecule has 2 aliphatic rings. The highest BCUT2D eigenvalue weighted by Gasteiger charge is 2.30. The maximum atomic E-state index is 11.4. The molecule has 2 aromatic heterocycles. The minimum absolute atomic E-state index is 0.0286. The van der Waals surface area contributed by atoms with E-state index >= 15 is 0 Å². The first-order valence-corrected chi connectivity index (χ1v) is 20.3. The van der Waals surface area contributed by atoms with E-state index in [1.807, 2.05) is 18.2 Å². The van der Waals surface area contributed by atoms with Crippen molar-refractivity contribution in [2.45, 2.75) is 84.7 Å². The predicted molar refractivity (Wildman–Crippen MR) is 220 cm³/mol. The van der Waals surface area contributed by atoms with Crippen LogP contribution in [0.1, 0.15) is 84.3 Å². The SMILES string of the molecule is CC(=O)NC1CCN(CCCOc2cccc(-c3cccc(COc4cc(OCc5cncc(C#N)c5)c(CN5CCCC5c5nn[nH]n5)cc4Cl)c3C)c2C)CC1. The summed E-state index contributed by atoms with van der Waals surface area (Å²) in [7, 11) is 0. The first-order chi connectivity index (χ1) is 28.2. The van der Waals surface area contributed by atoms with Gasteiger partial charge in [-0.2, -0.15) is 10.5 Å². The number of hydrogen-bond acceptors (Lipinski definition) is 11. The lowest BCUT2D eigenvalue weighted by Gasteiger charge is -2.32. The van der Waals surface area contributed by atoms with Gasteiger partial charge in [0.25, 0.3) is 0 Å². The van der Waals surface area contributed by atoms with Gasteiger partial charge in [0.2, 0.25) is 5.91 Å². The lowest BCUT2D eigenvalue weighted by molar-refractivity contribution is -0.119. The van der Waals surface area contributed by atoms with E-state index in [0.29, 0.717) is 47.7 Å². The molecule has 58 heavy (non-hydrogen) atoms. The Labute approximate surface area is 344 Å². The summed E-state index contributed by atoms with van der Waals surface area (Å²) < 4.78 is 19.2. The molecule has 2 aliphatic heterocycles. The minimum Gasteiger partial charge on any atom is -0.493 e. The summed E-state index contributed by atoms with van der Waals surface area (Å²) in [6.07, 6.45) is 8.07. The van der Waals surface area contributed by atoms with Crippen LogP contribution in [-0.2, 0) is 24.6 Å². The Kier molecular flexibility index (Phi) is 13.5. The molecule has 1 unspecified atom stereocenters. The number of aromatic amines is 1. The third-order valence-electron chi connectivity index (χ3n) is 11.1. The largest absolute Gasteiger partial charge is 0.493 e. The lowest BCUT2D eigenvalue weighted by atomic mass is 9.93. The Bertz CT molecular complexity index is 2220. The normalized spacial score (nSPS) is 16.2. The number of likely N-dealkylation sites (tertiary alicyclic amines) is 2. The van der Waals surface area contributed by atoms with E-state index in [-0.39, 0.29) is 24.6 Å². The zero-order valence-electron chi connectivity index (χ0n) is 33.3. The van der Waals surface area contributed by atoms with Crippen molar-refractivity contribution in [3.63, 3.8) is 0 Å². The zero-order valence-corrected chi connectivity index (χ0v) is 34.1. The van der Waals surface area contributed by atoms with E-state index in [9.17, 15) is 10.1 Å². The Morgan fingerprint density at radius 3 is 2.50 bits per heavy atom. The van der Waals surface area contributed by atoms with Crippen LogP contribution in [0.15, 0.2) is 67.0 Å². The maximum Gasteiger partial charge on any atom is 0.217 e. The van der Waals surface area contributed by atoms with Gasteiger partial charge >= 0.3 is 0 Å². The fourth-order valence-corrected chi connectivity index (χ4v) is 8.22. The standard InChI is InChI=1S/C44H50ClN9O4/c1-29-34(8-4-9-37(29)38-10-5-12-41(30(38)2)56-19-7-15-53-17-13-36(14-18-53)48-31(3)55)28-58-43-22-42(57-27-33-20-32(23-46)24-47-25-33)35(21-39(43)45)26-54-16-6-11-40(54)44-49-51-52-50-44/h4-5,8-10,12,20-22,24-25,36,40H,6-7,11,13-19,26-28H2,1-3H3,(H,48,55)(H,49,50,51,52). The van der Waals surface area contributed by atoms with Crippen LogP contribution < -0.4 is 19.5 Å². The number of halogens is 1. The number of pyridine rings is 1. The molecule has 2 saturated heterocycles. The zero-order chi connectivity index (χ0) is 40.4. The molecule has 7 rings (SSSR count). The number of aromatic nitrogens is 5. The molecule has 2 fully saturated rings. The average molecular weight is 804 g/mol. The van der Waals surface area contributed by atoms with Gasteiger partial charge in [0, 0.05) is 68.7 Å². The number of nitriles is 1. The molecule has 0 radical (unpaired) electrons. The van der Waals surface area contributed by atoms with E-state index in [4.69, 9.17) is 25.8 Å². The van der Waals surface area contributed by atoms with Crippen LogP contribution >= 0.6 is 11.6 Å². The monoisotopic (exact) mass is 803 g/mol. The van der Waals surface area contributed by atoms with Gasteiger partial charge in [-0.05, 0) is 98.5 Å². The Hall–Kier alpha value is -5.55. The molecule has 0 aliphatic carbocycles. The average Bonchev–Trinajstić information content (AvgIpc) is 3.93. The Morgan fingerprint density at radius 2 is 1.72 bits per heavy atom. The van der Waals surface area contributed by atoms with Crippen molar-refractivity contribution in [1.29, 1.82) is 5.26 Å². The number of benzene rings is 3. The second kappa shape index (κ2) is 19.3. The Morgan fingerprint density at radius 1 is 0.931 bits per heavy atom. The number of piperidine rings is 1. The fourth-order valence-electron chi connectivity index (χ4n) is 7.98. The van der Waals surface area contributed by atoms with Crippen LogP contribution in [0, 0.1) is 25.2 Å². The van der Waals surface area contributed by atoms with E-state index in [0.717, 1.165) is 103 Å². The molecule has 3 aromatic carbocycles. The number of rotatable bonds is 16. The third-order valence-corrected chi connectivity index (χ3v) is 11.4. The Balaban J connectivity index is 1.03. The quantitative estimate of drug-likeness (QED) is 0.0969. The van der Waals surface area contributed by atoms with Crippen LogP contribution in [0.2, 0.25) is 5.02 Å². The van der Waals surface area contributed by atoms with Crippen molar-refractivity contribution >= 4 is 17.5 Å². The highest BCUT2D eigenvalue weighted by atomic mass is 35.5. The first-order valence-electron chi connectivity index (χ1n) is 20.0. The number of nitrogens with zero attached hydrogens (tertiary/aromatic N) is 7. The van der Waals surface area contributed by atoms with Crippen LogP contribution in [-0.4, -0.2) is 80.1 Å². The molecule has 0 spiro atoms. The maximum absolute atomic E-state index is 11.4. The number of hydrogen-bond donors (Lipinski definition) is 2. The van der Waals surface area contributed by atoms with Crippen molar-refractivity contribution in [3.05, 3.63) is 111 Å². The third kappa shape index (κ3) is 10.1. The second-order valence-electron chi connectivity index (χ2n) is 15.1. The molecule has 13 nitrogen and oxygen atoms in total. The minimum atomic E-state index is 0.0286.